The van der Waals surface area contributed by atoms with Crippen molar-refractivity contribution >= 4 is 0 Å². The van der Waals surface area contributed by atoms with Crippen LogP contribution in [0.15, 0.2) is 48.6 Å². The molecule has 0 amide bonds. The van der Waals surface area contributed by atoms with Crippen molar-refractivity contribution in [1.82, 2.24) is 0 Å². The van der Waals surface area contributed by atoms with Crippen LogP contribution < -0.4 is 0 Å². The average molecular weight is 184 g/mol. The minimum Gasteiger partial charge on any atom is -0.0991 e. The summed E-state index contributed by atoms with van der Waals surface area (Å²) in [6, 6.07) is 8.70. The molecule has 0 fully saturated rings. The highest BCUT2D eigenvalue weighted by Crippen LogP contribution is 2.42. The van der Waals surface area contributed by atoms with Gasteiger partial charge in [0.15, 0.2) is 0 Å². The lowest BCUT2D eigenvalue weighted by atomic mass is 9.83. The van der Waals surface area contributed by atoms with Crippen molar-refractivity contribution in [2.75, 3.05) is 0 Å². The van der Waals surface area contributed by atoms with Gasteiger partial charge in [0.25, 0.3) is 0 Å². The second kappa shape index (κ2) is 3.13. The minimum absolute atomic E-state index is 0.185. The molecule has 0 atom stereocenters. The molecule has 1 aliphatic carbocycles. The Bertz CT molecular complexity index is 394. The van der Waals surface area contributed by atoms with E-state index in [1.165, 1.54) is 16.7 Å². The van der Waals surface area contributed by atoms with Crippen molar-refractivity contribution in [3.05, 3.63) is 59.7 Å². The molecule has 0 nitrogen and oxygen atoms in total. The average Bonchev–Trinajstić information content (AvgIpc) is 2.41. The number of benzene rings is 1. The highest BCUT2D eigenvalue weighted by atomic mass is 14.4. The van der Waals surface area contributed by atoms with E-state index in [2.05, 4.69) is 50.8 Å². The van der Waals surface area contributed by atoms with Crippen molar-refractivity contribution in [3.63, 3.8) is 0 Å². The van der Waals surface area contributed by atoms with Gasteiger partial charge in [0, 0.05) is 5.41 Å². The van der Waals surface area contributed by atoms with Crippen LogP contribution in [0.5, 0.6) is 0 Å². The first kappa shape index (κ1) is 9.26. The Morgan fingerprint density at radius 2 is 2.00 bits per heavy atom. The van der Waals surface area contributed by atoms with Gasteiger partial charge in [-0.3, -0.25) is 0 Å². The second-order valence-electron chi connectivity index (χ2n) is 4.39. The molecule has 0 aromatic heterocycles. The molecule has 0 saturated carbocycles. The number of fused-ring (bicyclic) bond motifs is 1. The van der Waals surface area contributed by atoms with Gasteiger partial charge in [-0.15, -0.1) is 0 Å². The lowest BCUT2D eigenvalue weighted by Crippen LogP contribution is -2.14. The Hall–Kier alpha value is -1.30. The number of hydrogen-bond acceptors (Lipinski definition) is 0. The summed E-state index contributed by atoms with van der Waals surface area (Å²) in [5.74, 6) is 0. The zero-order chi connectivity index (χ0) is 10.2. The molecule has 1 aromatic rings. The molecule has 0 heteroatoms. The summed E-state index contributed by atoms with van der Waals surface area (Å²) >= 11 is 0. The van der Waals surface area contributed by atoms with Crippen LogP contribution >= 0.6 is 0 Å². The van der Waals surface area contributed by atoms with Crippen LogP contribution in [-0.2, 0) is 11.8 Å². The van der Waals surface area contributed by atoms with E-state index in [9.17, 15) is 0 Å². The maximum atomic E-state index is 3.78. The minimum atomic E-state index is 0.185. The topological polar surface area (TPSA) is 0 Å². The third-order valence-electron chi connectivity index (χ3n) is 3.19. The molecule has 14 heavy (non-hydrogen) atoms. The second-order valence-corrected chi connectivity index (χ2v) is 4.39. The van der Waals surface area contributed by atoms with Crippen LogP contribution in [-0.4, -0.2) is 0 Å². The Kier molecular flexibility index (Phi) is 2.07. The van der Waals surface area contributed by atoms with Crippen molar-refractivity contribution in [3.8, 4) is 0 Å². The van der Waals surface area contributed by atoms with Crippen molar-refractivity contribution in [2.24, 2.45) is 0 Å². The van der Waals surface area contributed by atoms with Crippen LogP contribution in [0.1, 0.15) is 25.0 Å². The standard InChI is InChI=1S/C14H16/c1-4-7-12-10-11-8-5-6-9-13(11)14(12,2)3/h4-9H,1,10H2,2-3H3/b12-7+. The van der Waals surface area contributed by atoms with Gasteiger partial charge in [0.1, 0.15) is 0 Å². The fourth-order valence-electron chi connectivity index (χ4n) is 2.29. The van der Waals surface area contributed by atoms with Crippen LogP contribution in [0, 0.1) is 0 Å². The van der Waals surface area contributed by atoms with E-state index in [1.807, 2.05) is 6.08 Å². The van der Waals surface area contributed by atoms with E-state index >= 15 is 0 Å². The van der Waals surface area contributed by atoms with E-state index in [0.29, 0.717) is 0 Å². The Morgan fingerprint density at radius 3 is 2.64 bits per heavy atom. The quantitative estimate of drug-likeness (QED) is 0.625. The molecule has 1 aliphatic rings. The maximum absolute atomic E-state index is 3.78. The summed E-state index contributed by atoms with van der Waals surface area (Å²) in [6.07, 6.45) is 5.12. The first-order valence-corrected chi connectivity index (χ1v) is 5.06. The van der Waals surface area contributed by atoms with Crippen LogP contribution in [0.25, 0.3) is 0 Å². The number of allylic oxidation sites excluding steroid dienone is 3. The zero-order valence-corrected chi connectivity index (χ0v) is 8.88. The summed E-state index contributed by atoms with van der Waals surface area (Å²) in [6.45, 7) is 8.35. The van der Waals surface area contributed by atoms with Gasteiger partial charge in [-0.05, 0) is 17.5 Å². The van der Waals surface area contributed by atoms with E-state index < -0.39 is 0 Å². The van der Waals surface area contributed by atoms with Gasteiger partial charge < -0.3 is 0 Å². The first-order chi connectivity index (χ1) is 6.66. The first-order valence-electron chi connectivity index (χ1n) is 5.06. The third kappa shape index (κ3) is 1.22. The van der Waals surface area contributed by atoms with Crippen LogP contribution in [0.3, 0.4) is 0 Å². The van der Waals surface area contributed by atoms with Gasteiger partial charge >= 0.3 is 0 Å². The molecule has 72 valence electrons. The van der Waals surface area contributed by atoms with E-state index in [1.54, 1.807) is 0 Å². The lowest BCUT2D eigenvalue weighted by Gasteiger charge is -2.21. The van der Waals surface area contributed by atoms with Crippen LogP contribution in [0.2, 0.25) is 0 Å². The molecule has 0 spiro atoms. The molecule has 0 bridgehead atoms. The Balaban J connectivity index is 2.55. The Morgan fingerprint density at radius 1 is 1.29 bits per heavy atom. The van der Waals surface area contributed by atoms with Gasteiger partial charge in [-0.2, -0.15) is 0 Å². The number of rotatable bonds is 1. The lowest BCUT2D eigenvalue weighted by molar-refractivity contribution is 0.644. The van der Waals surface area contributed by atoms with Gasteiger partial charge in [0.2, 0.25) is 0 Å². The van der Waals surface area contributed by atoms with Gasteiger partial charge in [0.05, 0.1) is 0 Å². The van der Waals surface area contributed by atoms with E-state index in [4.69, 9.17) is 0 Å². The highest BCUT2D eigenvalue weighted by Gasteiger charge is 2.33. The van der Waals surface area contributed by atoms with Crippen LogP contribution in [0.4, 0.5) is 0 Å². The SMILES string of the molecule is C=C/C=C1\Cc2ccccc2C1(C)C. The predicted octanol–water partition coefficient (Wildman–Crippen LogP) is 3.63. The fraction of sp³-hybridized carbons (Fsp3) is 0.286. The van der Waals surface area contributed by atoms with Crippen molar-refractivity contribution in [2.45, 2.75) is 25.7 Å². The highest BCUT2D eigenvalue weighted by molar-refractivity contribution is 5.50. The summed E-state index contributed by atoms with van der Waals surface area (Å²) < 4.78 is 0. The molecule has 0 aliphatic heterocycles. The molecule has 0 radical (unpaired) electrons. The normalized spacial score (nSPS) is 20.9. The molecule has 2 rings (SSSR count). The van der Waals surface area contributed by atoms with Crippen molar-refractivity contribution < 1.29 is 0 Å². The van der Waals surface area contributed by atoms with Gasteiger partial charge in [-0.25, -0.2) is 0 Å². The maximum Gasteiger partial charge on any atom is 0.0114 e. The monoisotopic (exact) mass is 184 g/mol. The predicted molar refractivity (Wildman–Crippen MR) is 61.5 cm³/mol. The largest absolute Gasteiger partial charge is 0.0991 e. The van der Waals surface area contributed by atoms with Gasteiger partial charge in [-0.1, -0.05) is 62.4 Å². The van der Waals surface area contributed by atoms with Crippen molar-refractivity contribution in [1.29, 1.82) is 0 Å². The number of hydrogen-bond donors (Lipinski definition) is 0. The molecule has 0 N–H and O–H groups in total. The summed E-state index contributed by atoms with van der Waals surface area (Å²) in [4.78, 5) is 0. The smallest absolute Gasteiger partial charge is 0.0114 e. The van der Waals surface area contributed by atoms with E-state index in [0.717, 1.165) is 6.42 Å². The summed E-state index contributed by atoms with van der Waals surface area (Å²) in [7, 11) is 0. The molecular formula is C14H16. The molecule has 0 unspecified atom stereocenters. The third-order valence-corrected chi connectivity index (χ3v) is 3.19. The van der Waals surface area contributed by atoms with E-state index in [-0.39, 0.29) is 5.41 Å². The zero-order valence-electron chi connectivity index (χ0n) is 8.88. The molecule has 1 aromatic carbocycles. The molecular weight excluding hydrogens is 168 g/mol. The summed E-state index contributed by atoms with van der Waals surface area (Å²) in [5, 5.41) is 0. The molecule has 0 saturated heterocycles. The Labute approximate surface area is 86.0 Å². The summed E-state index contributed by atoms with van der Waals surface area (Å²) in [5.41, 5.74) is 4.58. The fourth-order valence-corrected chi connectivity index (χ4v) is 2.29. The molecule has 0 heterocycles.